The summed E-state index contributed by atoms with van der Waals surface area (Å²) in [6, 6.07) is 3.98. The molecule has 1 amide bonds. The third-order valence-electron chi connectivity index (χ3n) is 2.90. The molecule has 1 aliphatic rings. The second-order valence-corrected chi connectivity index (χ2v) is 4.16. The molecule has 0 saturated carbocycles. The Bertz CT molecular complexity index is 394. The van der Waals surface area contributed by atoms with Crippen molar-refractivity contribution in [3.05, 3.63) is 24.0 Å². The van der Waals surface area contributed by atoms with E-state index in [0.29, 0.717) is 6.42 Å². The molecule has 1 aliphatic heterocycles. The van der Waals surface area contributed by atoms with Gasteiger partial charge in [-0.05, 0) is 12.1 Å². The molecule has 0 bridgehead atoms. The van der Waals surface area contributed by atoms with E-state index < -0.39 is 0 Å². The van der Waals surface area contributed by atoms with Gasteiger partial charge in [0, 0.05) is 51.5 Å². The normalized spacial score (nSPS) is 17.4. The van der Waals surface area contributed by atoms with E-state index in [1.165, 1.54) is 0 Å². The van der Waals surface area contributed by atoms with Gasteiger partial charge in [0.1, 0.15) is 0 Å². The van der Waals surface area contributed by atoms with Gasteiger partial charge < -0.3 is 10.6 Å². The third kappa shape index (κ3) is 3.42. The number of hydrogen-bond acceptors (Lipinski definition) is 4. The van der Waals surface area contributed by atoms with Crippen LogP contribution >= 0.6 is 0 Å². The maximum Gasteiger partial charge on any atom is 0.221 e. The molecule has 1 aromatic rings. The number of hydrogen-bond donors (Lipinski definition) is 2. The lowest BCUT2D eigenvalue weighted by atomic mass is 10.3. The average Bonchev–Trinajstić information content (AvgIpc) is 2.55. The highest BCUT2D eigenvalue weighted by Crippen LogP contribution is 2.10. The second kappa shape index (κ2) is 5.63. The van der Waals surface area contributed by atoms with Crippen LogP contribution < -0.4 is 10.6 Å². The van der Waals surface area contributed by atoms with Crippen LogP contribution in [0.5, 0.6) is 0 Å². The van der Waals surface area contributed by atoms with Crippen LogP contribution in [0.2, 0.25) is 0 Å². The first kappa shape index (κ1) is 11.9. The van der Waals surface area contributed by atoms with Crippen LogP contribution in [-0.2, 0) is 11.3 Å². The van der Waals surface area contributed by atoms with Crippen molar-refractivity contribution in [3.8, 4) is 0 Å². The molecule has 17 heavy (non-hydrogen) atoms. The van der Waals surface area contributed by atoms with Gasteiger partial charge in [0.05, 0.1) is 5.69 Å². The minimum atomic E-state index is 0.143. The number of aromatic nitrogens is 1. The molecule has 0 spiro atoms. The van der Waals surface area contributed by atoms with E-state index in [0.717, 1.165) is 37.6 Å². The van der Waals surface area contributed by atoms with Crippen LogP contribution in [0, 0.1) is 0 Å². The number of carbonyl (C=O) groups excluding carboxylic acids is 1. The quantitative estimate of drug-likeness (QED) is 0.797. The van der Waals surface area contributed by atoms with Gasteiger partial charge in [-0.25, -0.2) is 0 Å². The Hall–Kier alpha value is -1.62. The van der Waals surface area contributed by atoms with Crippen LogP contribution in [0.15, 0.2) is 18.3 Å². The highest BCUT2D eigenvalue weighted by molar-refractivity contribution is 5.76. The van der Waals surface area contributed by atoms with Crippen molar-refractivity contribution >= 4 is 11.6 Å². The Labute approximate surface area is 101 Å². The smallest absolute Gasteiger partial charge is 0.221 e. The standard InChI is InChI=1S/C12H18N4O/c1-13-10-2-4-14-11(8-10)9-16-6-3-12(17)15-5-7-16/h2,4,8H,3,5-7,9H2,1H3,(H,13,14)(H,15,17). The van der Waals surface area contributed by atoms with E-state index in [1.54, 1.807) is 0 Å². The van der Waals surface area contributed by atoms with Gasteiger partial charge in [0.2, 0.25) is 5.91 Å². The molecule has 0 aromatic carbocycles. The lowest BCUT2D eigenvalue weighted by molar-refractivity contribution is -0.120. The van der Waals surface area contributed by atoms with Gasteiger partial charge in [-0.1, -0.05) is 0 Å². The van der Waals surface area contributed by atoms with Crippen LogP contribution in [0.4, 0.5) is 5.69 Å². The van der Waals surface area contributed by atoms with Crippen LogP contribution in [0.1, 0.15) is 12.1 Å². The van der Waals surface area contributed by atoms with Gasteiger partial charge in [0.15, 0.2) is 0 Å². The molecular formula is C12H18N4O. The fraction of sp³-hybridized carbons (Fsp3) is 0.500. The van der Waals surface area contributed by atoms with E-state index >= 15 is 0 Å². The minimum absolute atomic E-state index is 0.143. The first-order chi connectivity index (χ1) is 8.28. The number of carbonyl (C=O) groups is 1. The van der Waals surface area contributed by atoms with Gasteiger partial charge >= 0.3 is 0 Å². The summed E-state index contributed by atoms with van der Waals surface area (Å²) >= 11 is 0. The molecule has 92 valence electrons. The summed E-state index contributed by atoms with van der Waals surface area (Å²) in [4.78, 5) is 17.8. The highest BCUT2D eigenvalue weighted by Gasteiger charge is 2.13. The Morgan fingerprint density at radius 3 is 3.24 bits per heavy atom. The summed E-state index contributed by atoms with van der Waals surface area (Å²) in [5, 5.41) is 5.97. The first-order valence-electron chi connectivity index (χ1n) is 5.89. The largest absolute Gasteiger partial charge is 0.388 e. The molecule has 0 unspecified atom stereocenters. The van der Waals surface area contributed by atoms with Crippen molar-refractivity contribution in [1.29, 1.82) is 0 Å². The van der Waals surface area contributed by atoms with Crippen molar-refractivity contribution in [2.75, 3.05) is 32.0 Å². The predicted molar refractivity (Wildman–Crippen MR) is 66.7 cm³/mol. The van der Waals surface area contributed by atoms with E-state index in [4.69, 9.17) is 0 Å². The van der Waals surface area contributed by atoms with Crippen LogP contribution in [-0.4, -0.2) is 42.5 Å². The summed E-state index contributed by atoms with van der Waals surface area (Å²) in [6.07, 6.45) is 2.38. The number of pyridine rings is 1. The lowest BCUT2D eigenvalue weighted by Crippen LogP contribution is -2.28. The van der Waals surface area contributed by atoms with Crippen molar-refractivity contribution in [3.63, 3.8) is 0 Å². The Balaban J connectivity index is 1.97. The maximum atomic E-state index is 11.2. The summed E-state index contributed by atoms with van der Waals surface area (Å²) in [7, 11) is 1.90. The van der Waals surface area contributed by atoms with Crippen LogP contribution in [0.25, 0.3) is 0 Å². The molecule has 0 aliphatic carbocycles. The summed E-state index contributed by atoms with van der Waals surface area (Å²) < 4.78 is 0. The molecule has 1 saturated heterocycles. The lowest BCUT2D eigenvalue weighted by Gasteiger charge is -2.18. The van der Waals surface area contributed by atoms with Crippen molar-refractivity contribution < 1.29 is 4.79 Å². The monoisotopic (exact) mass is 234 g/mol. The zero-order valence-electron chi connectivity index (χ0n) is 10.1. The molecular weight excluding hydrogens is 216 g/mol. The molecule has 2 N–H and O–H groups in total. The predicted octanol–water partition coefficient (Wildman–Crippen LogP) is 0.445. The minimum Gasteiger partial charge on any atom is -0.388 e. The number of rotatable bonds is 3. The summed E-state index contributed by atoms with van der Waals surface area (Å²) in [5.74, 6) is 0.143. The second-order valence-electron chi connectivity index (χ2n) is 4.16. The number of nitrogens with zero attached hydrogens (tertiary/aromatic N) is 2. The van der Waals surface area contributed by atoms with E-state index in [2.05, 4.69) is 20.5 Å². The topological polar surface area (TPSA) is 57.3 Å². The van der Waals surface area contributed by atoms with Gasteiger partial charge in [0.25, 0.3) is 0 Å². The molecule has 5 heteroatoms. The zero-order chi connectivity index (χ0) is 12.1. The van der Waals surface area contributed by atoms with Gasteiger partial charge in [-0.2, -0.15) is 0 Å². The first-order valence-corrected chi connectivity index (χ1v) is 5.89. The fourth-order valence-electron chi connectivity index (χ4n) is 1.92. The van der Waals surface area contributed by atoms with Crippen molar-refractivity contribution in [2.45, 2.75) is 13.0 Å². The Morgan fingerprint density at radius 1 is 1.53 bits per heavy atom. The molecule has 0 atom stereocenters. The number of amides is 1. The molecule has 0 radical (unpaired) electrons. The Kier molecular flexibility index (Phi) is 3.93. The average molecular weight is 234 g/mol. The van der Waals surface area contributed by atoms with E-state index in [1.807, 2.05) is 25.4 Å². The van der Waals surface area contributed by atoms with Gasteiger partial charge in [-0.15, -0.1) is 0 Å². The highest BCUT2D eigenvalue weighted by atomic mass is 16.1. The van der Waals surface area contributed by atoms with E-state index in [-0.39, 0.29) is 5.91 Å². The Morgan fingerprint density at radius 2 is 2.41 bits per heavy atom. The molecule has 2 heterocycles. The van der Waals surface area contributed by atoms with Crippen molar-refractivity contribution in [2.24, 2.45) is 0 Å². The zero-order valence-corrected chi connectivity index (χ0v) is 10.1. The molecule has 2 rings (SSSR count). The van der Waals surface area contributed by atoms with Crippen molar-refractivity contribution in [1.82, 2.24) is 15.2 Å². The number of anilines is 1. The molecule has 5 nitrogen and oxygen atoms in total. The molecule has 1 fully saturated rings. The SMILES string of the molecule is CNc1ccnc(CN2CCNC(=O)CC2)c1. The molecule has 1 aromatic heterocycles. The summed E-state index contributed by atoms with van der Waals surface area (Å²) in [6.45, 7) is 3.21. The third-order valence-corrected chi connectivity index (χ3v) is 2.90. The van der Waals surface area contributed by atoms with E-state index in [9.17, 15) is 4.79 Å². The van der Waals surface area contributed by atoms with Crippen LogP contribution in [0.3, 0.4) is 0 Å². The van der Waals surface area contributed by atoms with Gasteiger partial charge in [-0.3, -0.25) is 14.7 Å². The maximum absolute atomic E-state index is 11.2. The fourth-order valence-corrected chi connectivity index (χ4v) is 1.92. The number of nitrogens with one attached hydrogen (secondary N) is 2. The summed E-state index contributed by atoms with van der Waals surface area (Å²) in [5.41, 5.74) is 2.10.